The van der Waals surface area contributed by atoms with Crippen LogP contribution in [0.15, 0.2) is 17.1 Å². The van der Waals surface area contributed by atoms with Gasteiger partial charge in [-0.1, -0.05) is 26.2 Å². The topological polar surface area (TPSA) is 55.2 Å². The minimum absolute atomic E-state index is 0.112. The predicted molar refractivity (Wildman–Crippen MR) is 83.6 cm³/mol. The molecule has 0 radical (unpaired) electrons. The zero-order valence-electron chi connectivity index (χ0n) is 13.0. The maximum absolute atomic E-state index is 12.2. The van der Waals surface area contributed by atoms with Crippen LogP contribution in [0.2, 0.25) is 0 Å². The van der Waals surface area contributed by atoms with E-state index in [0.717, 1.165) is 44.3 Å². The third kappa shape index (κ3) is 4.16. The fourth-order valence-corrected chi connectivity index (χ4v) is 2.92. The quantitative estimate of drug-likeness (QED) is 0.806. The minimum atomic E-state index is -0.195. The summed E-state index contributed by atoms with van der Waals surface area (Å²) in [6.07, 6.45) is 8.08. The third-order valence-electron chi connectivity index (χ3n) is 4.22. The van der Waals surface area contributed by atoms with E-state index in [0.29, 0.717) is 0 Å². The first kappa shape index (κ1) is 15.7. The van der Waals surface area contributed by atoms with Crippen LogP contribution in [0.3, 0.4) is 0 Å². The molecule has 0 N–H and O–H groups in total. The normalized spacial score (nSPS) is 15.9. The van der Waals surface area contributed by atoms with Crippen LogP contribution in [0.1, 0.15) is 45.4 Å². The van der Waals surface area contributed by atoms with E-state index in [2.05, 4.69) is 12.0 Å². The number of ketones is 1. The van der Waals surface area contributed by atoms with Crippen LogP contribution in [-0.4, -0.2) is 29.2 Å². The highest BCUT2D eigenvalue weighted by Gasteiger charge is 2.21. The second kappa shape index (κ2) is 7.38. The summed E-state index contributed by atoms with van der Waals surface area (Å²) in [5.74, 6) is 0.272. The summed E-state index contributed by atoms with van der Waals surface area (Å²) >= 11 is 0. The van der Waals surface area contributed by atoms with E-state index < -0.39 is 0 Å². The second-order valence-electron chi connectivity index (χ2n) is 5.93. The van der Waals surface area contributed by atoms with Gasteiger partial charge in [-0.2, -0.15) is 5.10 Å². The van der Waals surface area contributed by atoms with Crippen molar-refractivity contribution in [2.45, 2.75) is 52.0 Å². The molecule has 0 saturated heterocycles. The number of carbonyl (C=O) groups is 1. The lowest BCUT2D eigenvalue weighted by molar-refractivity contribution is -0.124. The van der Waals surface area contributed by atoms with E-state index in [1.54, 1.807) is 12.3 Å². The van der Waals surface area contributed by atoms with Crippen molar-refractivity contribution in [3.05, 3.63) is 22.6 Å². The first-order valence-electron chi connectivity index (χ1n) is 7.93. The summed E-state index contributed by atoms with van der Waals surface area (Å²) in [6, 6.07) is 1.57. The molecule has 1 aromatic rings. The van der Waals surface area contributed by atoms with Gasteiger partial charge >= 0.3 is 0 Å². The number of carbonyl (C=O) groups excluding carboxylic acids is 1. The maximum Gasteiger partial charge on any atom is 0.269 e. The smallest absolute Gasteiger partial charge is 0.269 e. The number of hydrogen-bond donors (Lipinski definition) is 0. The van der Waals surface area contributed by atoms with Crippen LogP contribution in [0.5, 0.6) is 0 Å². The van der Waals surface area contributed by atoms with Crippen molar-refractivity contribution in [1.82, 2.24) is 9.78 Å². The third-order valence-corrected chi connectivity index (χ3v) is 4.22. The van der Waals surface area contributed by atoms with Gasteiger partial charge in [0.15, 0.2) is 5.78 Å². The van der Waals surface area contributed by atoms with Crippen LogP contribution in [-0.2, 0) is 11.3 Å². The van der Waals surface area contributed by atoms with E-state index in [1.807, 2.05) is 11.9 Å². The van der Waals surface area contributed by atoms with Gasteiger partial charge in [-0.3, -0.25) is 9.59 Å². The van der Waals surface area contributed by atoms with E-state index in [4.69, 9.17) is 0 Å². The SMILES string of the molecule is CCCN(C)c1cnn(CC(=O)C2CCCCC2)c(=O)c1. The van der Waals surface area contributed by atoms with Gasteiger partial charge < -0.3 is 4.90 Å². The van der Waals surface area contributed by atoms with Gasteiger partial charge in [0.25, 0.3) is 5.56 Å². The lowest BCUT2D eigenvalue weighted by Crippen LogP contribution is -2.31. The van der Waals surface area contributed by atoms with Crippen molar-refractivity contribution < 1.29 is 4.79 Å². The second-order valence-corrected chi connectivity index (χ2v) is 5.93. The average molecular weight is 291 g/mol. The van der Waals surface area contributed by atoms with Crippen LogP contribution in [0.25, 0.3) is 0 Å². The Hall–Kier alpha value is -1.65. The Balaban J connectivity index is 2.03. The van der Waals surface area contributed by atoms with Crippen LogP contribution in [0, 0.1) is 5.92 Å². The van der Waals surface area contributed by atoms with Crippen LogP contribution >= 0.6 is 0 Å². The maximum atomic E-state index is 12.2. The lowest BCUT2D eigenvalue weighted by Gasteiger charge is -2.21. The number of anilines is 1. The fraction of sp³-hybridized carbons (Fsp3) is 0.688. The van der Waals surface area contributed by atoms with Gasteiger partial charge in [0.1, 0.15) is 6.54 Å². The number of hydrogen-bond acceptors (Lipinski definition) is 4. The lowest BCUT2D eigenvalue weighted by atomic mass is 9.86. The molecule has 1 saturated carbocycles. The highest BCUT2D eigenvalue weighted by Crippen LogP contribution is 2.24. The standard InChI is InChI=1S/C16H25N3O2/c1-3-9-18(2)14-10-16(21)19(17-11-14)12-15(20)13-7-5-4-6-8-13/h10-11,13H,3-9,12H2,1-2H3. The van der Waals surface area contributed by atoms with Gasteiger partial charge in [-0.25, -0.2) is 4.68 Å². The molecule has 0 atom stereocenters. The first-order valence-corrected chi connectivity index (χ1v) is 7.93. The molecule has 1 fully saturated rings. The average Bonchev–Trinajstić information content (AvgIpc) is 2.50. The largest absolute Gasteiger partial charge is 0.373 e. The van der Waals surface area contributed by atoms with E-state index >= 15 is 0 Å². The summed E-state index contributed by atoms with van der Waals surface area (Å²) in [6.45, 7) is 3.08. The Morgan fingerprint density at radius 3 is 2.71 bits per heavy atom. The Labute approximate surface area is 126 Å². The molecule has 1 aliphatic rings. The molecular weight excluding hydrogens is 266 g/mol. The first-order chi connectivity index (χ1) is 10.1. The molecule has 0 aromatic carbocycles. The van der Waals surface area contributed by atoms with E-state index in [9.17, 15) is 9.59 Å². The molecule has 21 heavy (non-hydrogen) atoms. The Bertz CT molecular complexity index is 533. The van der Waals surface area contributed by atoms with Gasteiger partial charge in [-0.15, -0.1) is 0 Å². The number of aromatic nitrogens is 2. The van der Waals surface area contributed by atoms with E-state index in [1.165, 1.54) is 11.1 Å². The molecule has 2 rings (SSSR count). The van der Waals surface area contributed by atoms with E-state index in [-0.39, 0.29) is 23.8 Å². The van der Waals surface area contributed by atoms with Crippen molar-refractivity contribution in [2.24, 2.45) is 5.92 Å². The van der Waals surface area contributed by atoms with Gasteiger partial charge in [0.05, 0.1) is 11.9 Å². The summed E-state index contributed by atoms with van der Waals surface area (Å²) in [5, 5.41) is 4.16. The van der Waals surface area contributed by atoms with Gasteiger partial charge in [0.2, 0.25) is 0 Å². The van der Waals surface area contributed by atoms with Crippen molar-refractivity contribution in [1.29, 1.82) is 0 Å². The molecule has 1 aromatic heterocycles. The summed E-state index contributed by atoms with van der Waals surface area (Å²) in [4.78, 5) is 26.3. The van der Waals surface area contributed by atoms with Crippen molar-refractivity contribution in [2.75, 3.05) is 18.5 Å². The summed E-state index contributed by atoms with van der Waals surface area (Å²) in [7, 11) is 1.94. The van der Waals surface area contributed by atoms with Gasteiger partial charge in [0, 0.05) is 25.6 Å². The number of nitrogens with zero attached hydrogens (tertiary/aromatic N) is 3. The summed E-state index contributed by atoms with van der Waals surface area (Å²) in [5.41, 5.74) is 0.614. The fourth-order valence-electron chi connectivity index (χ4n) is 2.92. The molecule has 1 aliphatic carbocycles. The molecule has 0 bridgehead atoms. The Kier molecular flexibility index (Phi) is 5.53. The van der Waals surface area contributed by atoms with Crippen LogP contribution in [0.4, 0.5) is 5.69 Å². The predicted octanol–water partition coefficient (Wildman–Crippen LogP) is 2.24. The zero-order chi connectivity index (χ0) is 15.2. The number of rotatable bonds is 6. The van der Waals surface area contributed by atoms with Crippen LogP contribution < -0.4 is 10.5 Å². The molecule has 5 nitrogen and oxygen atoms in total. The molecule has 0 aliphatic heterocycles. The molecule has 0 unspecified atom stereocenters. The van der Waals surface area contributed by atoms with Gasteiger partial charge in [-0.05, 0) is 19.3 Å². The molecule has 0 spiro atoms. The Morgan fingerprint density at radius 1 is 1.38 bits per heavy atom. The monoisotopic (exact) mass is 291 g/mol. The van der Waals surface area contributed by atoms with Crippen molar-refractivity contribution >= 4 is 11.5 Å². The Morgan fingerprint density at radius 2 is 2.10 bits per heavy atom. The molecular formula is C16H25N3O2. The zero-order valence-corrected chi connectivity index (χ0v) is 13.0. The number of Topliss-reactive ketones (excluding diaryl/α,β-unsaturated/α-hetero) is 1. The summed E-state index contributed by atoms with van der Waals surface area (Å²) < 4.78 is 1.29. The highest BCUT2D eigenvalue weighted by atomic mass is 16.1. The molecule has 5 heteroatoms. The molecule has 1 heterocycles. The molecule has 0 amide bonds. The highest BCUT2D eigenvalue weighted by molar-refractivity contribution is 5.80. The molecule has 116 valence electrons. The minimum Gasteiger partial charge on any atom is -0.373 e. The van der Waals surface area contributed by atoms with Crippen molar-refractivity contribution in [3.8, 4) is 0 Å². The van der Waals surface area contributed by atoms with Crippen molar-refractivity contribution in [3.63, 3.8) is 0 Å².